The van der Waals surface area contributed by atoms with Gasteiger partial charge in [0.25, 0.3) is 5.91 Å². The molecule has 2 aliphatic heterocycles. The van der Waals surface area contributed by atoms with Crippen LogP contribution >= 0.6 is 11.6 Å². The summed E-state index contributed by atoms with van der Waals surface area (Å²) >= 11 is 6.33. The van der Waals surface area contributed by atoms with Gasteiger partial charge in [-0.25, -0.2) is 9.37 Å². The van der Waals surface area contributed by atoms with Crippen molar-refractivity contribution >= 4 is 29.0 Å². The molecule has 0 saturated carbocycles. The average molecular weight is 541 g/mol. The van der Waals surface area contributed by atoms with Crippen molar-refractivity contribution in [3.8, 4) is 0 Å². The minimum Gasteiger partial charge on any atom is -0.368 e. The van der Waals surface area contributed by atoms with Crippen molar-refractivity contribution in [2.75, 3.05) is 62.2 Å². The molecule has 0 aliphatic carbocycles. The molecule has 5 rings (SSSR count). The summed E-state index contributed by atoms with van der Waals surface area (Å²) in [4.78, 5) is 26.6. The van der Waals surface area contributed by atoms with Gasteiger partial charge >= 0.3 is 0 Å². The number of halogens is 2. The van der Waals surface area contributed by atoms with Gasteiger partial charge in [-0.1, -0.05) is 25.4 Å². The molecule has 0 radical (unpaired) electrons. The third-order valence-electron chi connectivity index (χ3n) is 7.42. The van der Waals surface area contributed by atoms with Crippen LogP contribution in [0.25, 0.3) is 0 Å². The molecule has 0 unspecified atom stereocenters. The molecule has 0 spiro atoms. The minimum atomic E-state index is -0.234. The molecule has 7 nitrogen and oxygen atoms in total. The highest BCUT2D eigenvalue weighted by Crippen LogP contribution is 2.25. The molecule has 2 saturated heterocycles. The molecule has 204 valence electrons. The number of benzene rings is 1. The fraction of sp³-hybridized carbons (Fsp3) is 0.448. The van der Waals surface area contributed by atoms with Gasteiger partial charge in [0.15, 0.2) is 0 Å². The van der Waals surface area contributed by atoms with Crippen LogP contribution < -0.4 is 9.80 Å². The van der Waals surface area contributed by atoms with Gasteiger partial charge in [-0.3, -0.25) is 9.69 Å². The second kappa shape index (κ2) is 12.6. The number of hydrogen-bond acceptors (Lipinski definition) is 5. The fourth-order valence-corrected chi connectivity index (χ4v) is 5.32. The lowest BCUT2D eigenvalue weighted by molar-refractivity contribution is 0.0737. The van der Waals surface area contributed by atoms with Crippen molar-refractivity contribution in [3.63, 3.8) is 0 Å². The Hall–Kier alpha value is -3.10. The van der Waals surface area contributed by atoms with Crippen LogP contribution in [0.1, 0.15) is 35.6 Å². The summed E-state index contributed by atoms with van der Waals surface area (Å²) in [6.45, 7) is 13.2. The Bertz CT molecular complexity index is 1210. The Balaban J connectivity index is 0.00000164. The first-order valence-electron chi connectivity index (χ1n) is 13.4. The largest absolute Gasteiger partial charge is 0.368 e. The molecule has 2 fully saturated rings. The van der Waals surface area contributed by atoms with E-state index in [4.69, 9.17) is 11.6 Å². The third-order valence-corrected chi connectivity index (χ3v) is 7.72. The van der Waals surface area contributed by atoms with E-state index in [1.165, 1.54) is 17.7 Å². The summed E-state index contributed by atoms with van der Waals surface area (Å²) < 4.78 is 15.3. The van der Waals surface area contributed by atoms with Crippen molar-refractivity contribution in [3.05, 3.63) is 76.5 Å². The number of carbonyl (C=O) groups excluding carboxylic acids is 1. The SMILES string of the molecule is CC.Cc1c(CN2CCN(c3ncccc3Cl)CC2)cc(C(=O)N2CCN(c3ccc(F)cc3)CC2)n1C. The topological polar surface area (TPSA) is 47.9 Å². The molecule has 38 heavy (non-hydrogen) atoms. The zero-order valence-electron chi connectivity index (χ0n) is 22.8. The molecule has 2 aliphatic rings. The standard InChI is InChI=1S/C27H32ClFN6O.C2H6/c1-20-21(19-32-10-12-34(13-11-32)26-24(28)4-3-9-30-26)18-25(31(20)2)27(36)35-16-14-33(15-17-35)23-7-5-22(29)6-8-23;1-2/h3-9,18H,10-17,19H2,1-2H3;1-2H3. The molecular formula is C29H38ClFN6O. The van der Waals surface area contributed by atoms with Gasteiger partial charge < -0.3 is 19.3 Å². The number of pyridine rings is 1. The van der Waals surface area contributed by atoms with Crippen LogP contribution in [0.2, 0.25) is 5.02 Å². The maximum absolute atomic E-state index is 13.4. The zero-order valence-corrected chi connectivity index (χ0v) is 23.6. The normalized spacial score (nSPS) is 16.3. The lowest BCUT2D eigenvalue weighted by atomic mass is 10.2. The first-order valence-corrected chi connectivity index (χ1v) is 13.8. The lowest BCUT2D eigenvalue weighted by Crippen LogP contribution is -2.49. The van der Waals surface area contributed by atoms with Gasteiger partial charge in [0.05, 0.1) is 5.02 Å². The molecule has 1 amide bonds. The lowest BCUT2D eigenvalue weighted by Gasteiger charge is -2.36. The first-order chi connectivity index (χ1) is 18.4. The van der Waals surface area contributed by atoms with Crippen LogP contribution in [0, 0.1) is 12.7 Å². The van der Waals surface area contributed by atoms with E-state index in [9.17, 15) is 9.18 Å². The molecule has 2 aromatic heterocycles. The molecule has 0 bridgehead atoms. The van der Waals surface area contributed by atoms with Crippen molar-refractivity contribution < 1.29 is 9.18 Å². The van der Waals surface area contributed by atoms with Crippen LogP contribution in [0.3, 0.4) is 0 Å². The van der Waals surface area contributed by atoms with E-state index in [1.54, 1.807) is 18.3 Å². The monoisotopic (exact) mass is 540 g/mol. The van der Waals surface area contributed by atoms with E-state index in [0.717, 1.165) is 68.7 Å². The summed E-state index contributed by atoms with van der Waals surface area (Å²) in [6, 6.07) is 12.3. The molecule has 1 aromatic carbocycles. The van der Waals surface area contributed by atoms with Crippen LogP contribution in [-0.4, -0.2) is 77.6 Å². The second-order valence-corrected chi connectivity index (χ2v) is 9.93. The Kier molecular flexibility index (Phi) is 9.28. The number of amides is 1. The smallest absolute Gasteiger partial charge is 0.270 e. The predicted molar refractivity (Wildman–Crippen MR) is 153 cm³/mol. The Labute approximate surface area is 230 Å². The molecule has 9 heteroatoms. The fourth-order valence-electron chi connectivity index (χ4n) is 5.08. The van der Waals surface area contributed by atoms with Crippen molar-refractivity contribution in [2.45, 2.75) is 27.3 Å². The van der Waals surface area contributed by atoms with Crippen LogP contribution in [0.5, 0.6) is 0 Å². The Morgan fingerprint density at radius 1 is 0.947 bits per heavy atom. The number of anilines is 2. The highest BCUT2D eigenvalue weighted by atomic mass is 35.5. The van der Waals surface area contributed by atoms with Crippen LogP contribution in [0.15, 0.2) is 48.7 Å². The third kappa shape index (κ3) is 6.13. The van der Waals surface area contributed by atoms with Gasteiger partial charge in [0.1, 0.15) is 17.3 Å². The van der Waals surface area contributed by atoms with Crippen LogP contribution in [-0.2, 0) is 13.6 Å². The Morgan fingerprint density at radius 2 is 1.58 bits per heavy atom. The van der Waals surface area contributed by atoms with E-state index in [1.807, 2.05) is 42.5 Å². The molecule has 0 N–H and O–H groups in total. The van der Waals surface area contributed by atoms with Gasteiger partial charge in [-0.05, 0) is 55.0 Å². The maximum atomic E-state index is 13.4. The van der Waals surface area contributed by atoms with E-state index >= 15 is 0 Å². The highest BCUT2D eigenvalue weighted by Gasteiger charge is 2.27. The second-order valence-electron chi connectivity index (χ2n) is 9.53. The average Bonchev–Trinajstić information content (AvgIpc) is 3.23. The quantitative estimate of drug-likeness (QED) is 0.464. The van der Waals surface area contributed by atoms with Crippen molar-refractivity contribution in [1.82, 2.24) is 19.4 Å². The zero-order chi connectivity index (χ0) is 27.2. The molecule has 3 aromatic rings. The van der Waals surface area contributed by atoms with Gasteiger partial charge in [-0.2, -0.15) is 0 Å². The predicted octanol–water partition coefficient (Wildman–Crippen LogP) is 4.83. The molecule has 0 atom stereocenters. The van der Waals surface area contributed by atoms with E-state index < -0.39 is 0 Å². The number of nitrogens with zero attached hydrogens (tertiary/aromatic N) is 6. The van der Waals surface area contributed by atoms with E-state index in [0.29, 0.717) is 18.1 Å². The van der Waals surface area contributed by atoms with E-state index in [2.05, 4.69) is 32.7 Å². The molecule has 4 heterocycles. The van der Waals surface area contributed by atoms with Crippen molar-refractivity contribution in [2.24, 2.45) is 7.05 Å². The first kappa shape index (κ1) is 27.9. The minimum absolute atomic E-state index is 0.0696. The summed E-state index contributed by atoms with van der Waals surface area (Å²) in [6.07, 6.45) is 1.78. The Morgan fingerprint density at radius 3 is 2.21 bits per heavy atom. The summed E-state index contributed by atoms with van der Waals surface area (Å²) in [5.41, 5.74) is 4.04. The summed E-state index contributed by atoms with van der Waals surface area (Å²) in [7, 11) is 1.97. The number of aromatic nitrogens is 2. The van der Waals surface area contributed by atoms with Gasteiger partial charge in [0, 0.05) is 83.5 Å². The number of piperazine rings is 2. The molecular weight excluding hydrogens is 503 g/mol. The number of carbonyl (C=O) groups is 1. The van der Waals surface area contributed by atoms with Gasteiger partial charge in [0.2, 0.25) is 0 Å². The van der Waals surface area contributed by atoms with Crippen LogP contribution in [0.4, 0.5) is 15.9 Å². The van der Waals surface area contributed by atoms with E-state index in [-0.39, 0.29) is 11.7 Å². The maximum Gasteiger partial charge on any atom is 0.270 e. The number of hydrogen-bond donors (Lipinski definition) is 0. The summed E-state index contributed by atoms with van der Waals surface area (Å²) in [5.74, 6) is 0.685. The summed E-state index contributed by atoms with van der Waals surface area (Å²) in [5, 5.41) is 0.687. The number of rotatable bonds is 5. The van der Waals surface area contributed by atoms with Gasteiger partial charge in [-0.15, -0.1) is 0 Å². The van der Waals surface area contributed by atoms with Crippen molar-refractivity contribution in [1.29, 1.82) is 0 Å². The highest BCUT2D eigenvalue weighted by molar-refractivity contribution is 6.32.